The highest BCUT2D eigenvalue weighted by Gasteiger charge is 2.37. The Morgan fingerprint density at radius 2 is 2.00 bits per heavy atom. The topological polar surface area (TPSA) is 38.1 Å². The molecule has 3 rings (SSSR count). The van der Waals surface area contributed by atoms with Crippen LogP contribution in [0, 0.1) is 0 Å². The lowest BCUT2D eigenvalue weighted by molar-refractivity contribution is -0.0396. The van der Waals surface area contributed by atoms with E-state index in [1.807, 2.05) is 0 Å². The van der Waals surface area contributed by atoms with Gasteiger partial charge in [0.15, 0.2) is 6.39 Å². The first-order chi connectivity index (χ1) is 8.64. The Labute approximate surface area is 105 Å². The summed E-state index contributed by atoms with van der Waals surface area (Å²) in [7, 11) is 0. The van der Waals surface area contributed by atoms with E-state index >= 15 is 0 Å². The monoisotopic (exact) mass is 256 g/mol. The maximum absolute atomic E-state index is 13.1. The smallest absolute Gasteiger partial charge is 0.248 e. The van der Waals surface area contributed by atoms with Gasteiger partial charge in [-0.05, 0) is 25.7 Å². The van der Waals surface area contributed by atoms with Crippen molar-refractivity contribution in [2.45, 2.75) is 63.0 Å². The molecule has 0 bridgehead atoms. The molecule has 1 heterocycles. The fourth-order valence-corrected chi connectivity index (χ4v) is 2.57. The summed E-state index contributed by atoms with van der Waals surface area (Å²) < 4.78 is 31.7. The molecule has 1 N–H and O–H groups in total. The van der Waals surface area contributed by atoms with E-state index in [1.165, 1.54) is 19.2 Å². The number of hydrogen-bond acceptors (Lipinski definition) is 3. The minimum absolute atomic E-state index is 0.0339. The quantitative estimate of drug-likeness (QED) is 0.898. The normalized spacial score (nSPS) is 24.3. The summed E-state index contributed by atoms with van der Waals surface area (Å²) in [5.41, 5.74) is 0.900. The van der Waals surface area contributed by atoms with E-state index < -0.39 is 5.92 Å². The SMILES string of the molecule is FC1(F)CCC(c2ocnc2CNC2CC2)CC1. The number of nitrogens with zero attached hydrogens (tertiary/aromatic N) is 1. The van der Waals surface area contributed by atoms with Crippen molar-refractivity contribution >= 4 is 0 Å². The first-order valence-electron chi connectivity index (χ1n) is 6.67. The van der Waals surface area contributed by atoms with Gasteiger partial charge in [-0.25, -0.2) is 13.8 Å². The molecule has 0 atom stereocenters. The Morgan fingerprint density at radius 1 is 1.28 bits per heavy atom. The summed E-state index contributed by atoms with van der Waals surface area (Å²) >= 11 is 0. The second-order valence-electron chi connectivity index (χ2n) is 5.45. The maximum Gasteiger partial charge on any atom is 0.248 e. The molecule has 0 aliphatic heterocycles. The average Bonchev–Trinajstić information content (AvgIpc) is 3.05. The number of nitrogens with one attached hydrogen (secondary N) is 1. The number of alkyl halides is 2. The molecule has 0 aromatic carbocycles. The summed E-state index contributed by atoms with van der Waals surface area (Å²) in [4.78, 5) is 4.21. The Bertz CT molecular complexity index is 405. The summed E-state index contributed by atoms with van der Waals surface area (Å²) in [6.07, 6.45) is 4.82. The molecule has 2 aliphatic rings. The second-order valence-corrected chi connectivity index (χ2v) is 5.45. The minimum Gasteiger partial charge on any atom is -0.448 e. The molecule has 0 spiro atoms. The Balaban J connectivity index is 1.62. The molecule has 1 aromatic rings. The van der Waals surface area contributed by atoms with Gasteiger partial charge in [-0.1, -0.05) is 0 Å². The summed E-state index contributed by atoms with van der Waals surface area (Å²) in [5, 5.41) is 3.38. The van der Waals surface area contributed by atoms with Crippen LogP contribution < -0.4 is 5.32 Å². The number of halogens is 2. The molecular formula is C13H18F2N2O. The highest BCUT2D eigenvalue weighted by Crippen LogP contribution is 2.41. The van der Waals surface area contributed by atoms with Crippen LogP contribution in [0.4, 0.5) is 8.78 Å². The first kappa shape index (κ1) is 12.1. The summed E-state index contributed by atoms with van der Waals surface area (Å²) in [6, 6.07) is 0.616. The predicted molar refractivity (Wildman–Crippen MR) is 62.5 cm³/mol. The van der Waals surface area contributed by atoms with E-state index in [0.29, 0.717) is 25.4 Å². The van der Waals surface area contributed by atoms with Gasteiger partial charge in [-0.3, -0.25) is 0 Å². The maximum atomic E-state index is 13.1. The highest BCUT2D eigenvalue weighted by molar-refractivity contribution is 5.14. The van der Waals surface area contributed by atoms with Crippen molar-refractivity contribution in [3.8, 4) is 0 Å². The molecule has 0 saturated heterocycles. The lowest BCUT2D eigenvalue weighted by Gasteiger charge is -2.27. The fourth-order valence-electron chi connectivity index (χ4n) is 2.57. The van der Waals surface area contributed by atoms with Gasteiger partial charge in [0.1, 0.15) is 5.76 Å². The van der Waals surface area contributed by atoms with Crippen LogP contribution in [0.25, 0.3) is 0 Å². The molecule has 100 valence electrons. The Morgan fingerprint density at radius 3 is 2.67 bits per heavy atom. The van der Waals surface area contributed by atoms with Crippen molar-refractivity contribution < 1.29 is 13.2 Å². The standard InChI is InChI=1S/C13H18F2N2O/c14-13(15)5-3-9(4-6-13)12-11(17-8-18-12)7-16-10-1-2-10/h8-10,16H,1-7H2. The third-order valence-electron chi connectivity index (χ3n) is 3.90. The minimum atomic E-state index is -2.48. The van der Waals surface area contributed by atoms with Crippen molar-refractivity contribution in [1.82, 2.24) is 10.3 Å². The van der Waals surface area contributed by atoms with Gasteiger partial charge < -0.3 is 9.73 Å². The molecule has 1 aromatic heterocycles. The molecule has 2 aliphatic carbocycles. The van der Waals surface area contributed by atoms with E-state index in [9.17, 15) is 8.78 Å². The van der Waals surface area contributed by atoms with Gasteiger partial charge >= 0.3 is 0 Å². The first-order valence-corrected chi connectivity index (χ1v) is 6.67. The van der Waals surface area contributed by atoms with Crippen molar-refractivity contribution in [2.75, 3.05) is 0 Å². The molecule has 0 amide bonds. The van der Waals surface area contributed by atoms with Crippen molar-refractivity contribution in [3.63, 3.8) is 0 Å². The zero-order chi connectivity index (χ0) is 12.6. The highest BCUT2D eigenvalue weighted by atomic mass is 19.3. The second kappa shape index (κ2) is 4.61. The third kappa shape index (κ3) is 2.71. The van der Waals surface area contributed by atoms with Crippen LogP contribution in [0.3, 0.4) is 0 Å². The Hall–Kier alpha value is -0.970. The lowest BCUT2D eigenvalue weighted by Crippen LogP contribution is -2.24. The van der Waals surface area contributed by atoms with Gasteiger partial charge in [-0.15, -0.1) is 0 Å². The molecule has 18 heavy (non-hydrogen) atoms. The number of oxazole rings is 1. The van der Waals surface area contributed by atoms with E-state index in [4.69, 9.17) is 4.42 Å². The van der Waals surface area contributed by atoms with Gasteiger partial charge in [0, 0.05) is 31.3 Å². The van der Waals surface area contributed by atoms with E-state index in [0.717, 1.165) is 11.5 Å². The number of aromatic nitrogens is 1. The zero-order valence-electron chi connectivity index (χ0n) is 10.3. The molecule has 3 nitrogen and oxygen atoms in total. The van der Waals surface area contributed by atoms with E-state index in [-0.39, 0.29) is 18.8 Å². The Kier molecular flexibility index (Phi) is 3.09. The number of rotatable bonds is 4. The summed E-state index contributed by atoms with van der Waals surface area (Å²) in [6.45, 7) is 0.698. The third-order valence-corrected chi connectivity index (χ3v) is 3.90. The molecular weight excluding hydrogens is 238 g/mol. The lowest BCUT2D eigenvalue weighted by atomic mass is 9.84. The zero-order valence-corrected chi connectivity index (χ0v) is 10.3. The van der Waals surface area contributed by atoms with Crippen LogP contribution in [0.1, 0.15) is 55.9 Å². The molecule has 0 radical (unpaired) electrons. The molecule has 2 fully saturated rings. The average molecular weight is 256 g/mol. The summed E-state index contributed by atoms with van der Waals surface area (Å²) in [5.74, 6) is -1.55. The van der Waals surface area contributed by atoms with Gasteiger partial charge in [-0.2, -0.15) is 0 Å². The predicted octanol–water partition coefficient (Wildman–Crippen LogP) is 3.22. The van der Waals surface area contributed by atoms with Crippen LogP contribution in [-0.2, 0) is 6.54 Å². The largest absolute Gasteiger partial charge is 0.448 e. The van der Waals surface area contributed by atoms with E-state index in [2.05, 4.69) is 10.3 Å². The van der Waals surface area contributed by atoms with Crippen LogP contribution in [0.5, 0.6) is 0 Å². The van der Waals surface area contributed by atoms with E-state index in [1.54, 1.807) is 0 Å². The van der Waals surface area contributed by atoms with Crippen molar-refractivity contribution in [3.05, 3.63) is 17.8 Å². The molecule has 0 unspecified atom stereocenters. The van der Waals surface area contributed by atoms with Crippen LogP contribution in [-0.4, -0.2) is 16.9 Å². The van der Waals surface area contributed by atoms with Crippen LogP contribution >= 0.6 is 0 Å². The molecule has 2 saturated carbocycles. The van der Waals surface area contributed by atoms with Crippen molar-refractivity contribution in [2.24, 2.45) is 0 Å². The van der Waals surface area contributed by atoms with Gasteiger partial charge in [0.05, 0.1) is 5.69 Å². The molecule has 5 heteroatoms. The number of hydrogen-bond donors (Lipinski definition) is 1. The fraction of sp³-hybridized carbons (Fsp3) is 0.769. The van der Waals surface area contributed by atoms with Gasteiger partial charge in [0.25, 0.3) is 0 Å². The van der Waals surface area contributed by atoms with Crippen molar-refractivity contribution in [1.29, 1.82) is 0 Å². The van der Waals surface area contributed by atoms with Gasteiger partial charge in [0.2, 0.25) is 5.92 Å². The van der Waals surface area contributed by atoms with Crippen LogP contribution in [0.2, 0.25) is 0 Å². The van der Waals surface area contributed by atoms with Crippen LogP contribution in [0.15, 0.2) is 10.8 Å².